The van der Waals surface area contributed by atoms with Gasteiger partial charge in [-0.3, -0.25) is 5.41 Å². The number of amidine groups is 1. The van der Waals surface area contributed by atoms with Crippen LogP contribution in [0.25, 0.3) is 0 Å². The molecule has 0 aromatic carbocycles. The van der Waals surface area contributed by atoms with Crippen LogP contribution < -0.4 is 0 Å². The molecule has 0 spiro atoms. The number of rotatable bonds is 3. The third kappa shape index (κ3) is 2.82. The molecule has 1 N–H and O–H groups in total. The number of nitrogens with zero attached hydrogens (tertiary/aromatic N) is 2. The average Bonchev–Trinajstić information content (AvgIpc) is 2.82. The van der Waals surface area contributed by atoms with Crippen LogP contribution in [-0.4, -0.2) is 22.8 Å². The Bertz CT molecular complexity index is 328. The van der Waals surface area contributed by atoms with Crippen molar-refractivity contribution in [3.05, 3.63) is 16.6 Å². The maximum Gasteiger partial charge on any atom is 0.0990 e. The Morgan fingerprint density at radius 3 is 2.88 bits per heavy atom. The van der Waals surface area contributed by atoms with E-state index in [1.165, 1.54) is 32.1 Å². The van der Waals surface area contributed by atoms with Gasteiger partial charge in [-0.1, -0.05) is 19.3 Å². The second-order valence-corrected chi connectivity index (χ2v) is 5.27. The van der Waals surface area contributed by atoms with Crippen LogP contribution in [0, 0.1) is 11.3 Å². The van der Waals surface area contributed by atoms with Crippen LogP contribution in [0.2, 0.25) is 0 Å². The molecule has 0 saturated heterocycles. The summed E-state index contributed by atoms with van der Waals surface area (Å²) in [4.78, 5) is 6.31. The first kappa shape index (κ1) is 11.6. The van der Waals surface area contributed by atoms with Gasteiger partial charge in [0.05, 0.1) is 23.6 Å². The van der Waals surface area contributed by atoms with Crippen molar-refractivity contribution in [2.24, 2.45) is 5.92 Å². The zero-order valence-electron chi connectivity index (χ0n) is 9.78. The Morgan fingerprint density at radius 1 is 1.50 bits per heavy atom. The van der Waals surface area contributed by atoms with Gasteiger partial charge >= 0.3 is 0 Å². The molecular weight excluding hydrogens is 218 g/mol. The molecular formula is C12H19N3S. The first-order chi connectivity index (χ1) is 7.77. The summed E-state index contributed by atoms with van der Waals surface area (Å²) in [5.41, 5.74) is 2.93. The van der Waals surface area contributed by atoms with E-state index in [2.05, 4.69) is 10.4 Å². The minimum atomic E-state index is 0.484. The number of nitrogens with one attached hydrogen (secondary N) is 1. The summed E-state index contributed by atoms with van der Waals surface area (Å²) in [5, 5.41) is 10.3. The fourth-order valence-electron chi connectivity index (χ4n) is 2.33. The zero-order chi connectivity index (χ0) is 11.4. The van der Waals surface area contributed by atoms with Crippen molar-refractivity contribution in [2.75, 3.05) is 7.05 Å². The summed E-state index contributed by atoms with van der Waals surface area (Å²) >= 11 is 1.62. The van der Waals surface area contributed by atoms with Gasteiger partial charge in [-0.15, -0.1) is 11.3 Å². The van der Waals surface area contributed by atoms with Crippen molar-refractivity contribution in [1.82, 2.24) is 9.88 Å². The van der Waals surface area contributed by atoms with Gasteiger partial charge in [0, 0.05) is 18.3 Å². The predicted molar refractivity (Wildman–Crippen MR) is 67.9 cm³/mol. The normalized spacial score (nSPS) is 17.3. The van der Waals surface area contributed by atoms with Gasteiger partial charge in [-0.05, 0) is 12.8 Å². The van der Waals surface area contributed by atoms with Gasteiger partial charge in [0.25, 0.3) is 0 Å². The lowest BCUT2D eigenvalue weighted by Crippen LogP contribution is -2.33. The summed E-state index contributed by atoms with van der Waals surface area (Å²) in [6.07, 6.45) is 6.31. The number of aromatic nitrogens is 1. The molecule has 0 radical (unpaired) electrons. The minimum absolute atomic E-state index is 0.484. The number of thiazole rings is 1. The zero-order valence-corrected chi connectivity index (χ0v) is 10.6. The summed E-state index contributed by atoms with van der Waals surface area (Å²) in [5.74, 6) is 1.28. The Kier molecular flexibility index (Phi) is 3.93. The van der Waals surface area contributed by atoms with E-state index in [-0.39, 0.29) is 0 Å². The van der Waals surface area contributed by atoms with Crippen LogP contribution in [0.15, 0.2) is 10.9 Å². The first-order valence-electron chi connectivity index (χ1n) is 5.94. The summed E-state index contributed by atoms with van der Waals surface area (Å²) in [7, 11) is 2.01. The fourth-order valence-corrected chi connectivity index (χ4v) is 2.88. The third-order valence-electron chi connectivity index (χ3n) is 3.29. The van der Waals surface area contributed by atoms with Gasteiger partial charge in [-0.25, -0.2) is 4.98 Å². The molecule has 1 heterocycles. The van der Waals surface area contributed by atoms with Gasteiger partial charge in [0.1, 0.15) is 0 Å². The highest BCUT2D eigenvalue weighted by atomic mass is 32.1. The molecule has 3 nitrogen and oxygen atoms in total. The van der Waals surface area contributed by atoms with E-state index in [0.29, 0.717) is 5.92 Å². The van der Waals surface area contributed by atoms with Crippen molar-refractivity contribution in [1.29, 1.82) is 5.41 Å². The molecule has 0 bridgehead atoms. The molecule has 88 valence electrons. The molecule has 2 rings (SSSR count). The Morgan fingerprint density at radius 2 is 2.25 bits per heavy atom. The molecule has 0 unspecified atom stereocenters. The van der Waals surface area contributed by atoms with Crippen LogP contribution in [0.1, 0.15) is 37.8 Å². The predicted octanol–water partition coefficient (Wildman–Crippen LogP) is 3.13. The Hall–Kier alpha value is -0.900. The molecule has 1 aliphatic carbocycles. The third-order valence-corrected chi connectivity index (χ3v) is 3.92. The van der Waals surface area contributed by atoms with E-state index >= 15 is 0 Å². The highest BCUT2D eigenvalue weighted by Gasteiger charge is 2.20. The van der Waals surface area contributed by atoms with Crippen LogP contribution >= 0.6 is 11.3 Å². The SMILES string of the molecule is CN(Cc1cscn1)C(=N)C1CCCCC1. The number of hydrogen-bond donors (Lipinski definition) is 1. The molecule has 0 atom stereocenters. The standard InChI is InChI=1S/C12H19N3S/c1-15(7-11-8-16-9-14-11)12(13)10-5-3-2-4-6-10/h8-10,13H,2-7H2,1H3. The largest absolute Gasteiger partial charge is 0.357 e. The maximum atomic E-state index is 8.19. The van der Waals surface area contributed by atoms with E-state index in [9.17, 15) is 0 Å². The van der Waals surface area contributed by atoms with Crippen LogP contribution in [0.3, 0.4) is 0 Å². The van der Waals surface area contributed by atoms with E-state index in [0.717, 1.165) is 18.1 Å². The van der Waals surface area contributed by atoms with Crippen molar-refractivity contribution < 1.29 is 0 Å². The van der Waals surface area contributed by atoms with Crippen molar-refractivity contribution in [3.63, 3.8) is 0 Å². The average molecular weight is 237 g/mol. The molecule has 0 aliphatic heterocycles. The minimum Gasteiger partial charge on any atom is -0.357 e. The van der Waals surface area contributed by atoms with E-state index in [1.54, 1.807) is 11.3 Å². The Labute approximate surface area is 101 Å². The first-order valence-corrected chi connectivity index (χ1v) is 6.88. The lowest BCUT2D eigenvalue weighted by Gasteiger charge is -2.28. The molecule has 16 heavy (non-hydrogen) atoms. The highest BCUT2D eigenvalue weighted by Crippen LogP contribution is 2.25. The smallest absolute Gasteiger partial charge is 0.0990 e. The Balaban J connectivity index is 1.88. The lowest BCUT2D eigenvalue weighted by molar-refractivity contribution is 0.381. The van der Waals surface area contributed by atoms with Gasteiger partial charge in [-0.2, -0.15) is 0 Å². The highest BCUT2D eigenvalue weighted by molar-refractivity contribution is 7.07. The number of hydrogen-bond acceptors (Lipinski definition) is 3. The molecule has 4 heteroatoms. The van der Waals surface area contributed by atoms with Gasteiger partial charge in [0.2, 0.25) is 0 Å². The van der Waals surface area contributed by atoms with E-state index in [1.807, 2.05) is 17.5 Å². The second kappa shape index (κ2) is 5.43. The van der Waals surface area contributed by atoms with Crippen LogP contribution in [0.4, 0.5) is 0 Å². The summed E-state index contributed by atoms with van der Waals surface area (Å²) < 4.78 is 0. The quantitative estimate of drug-likeness (QED) is 0.648. The maximum absolute atomic E-state index is 8.19. The molecule has 0 amide bonds. The van der Waals surface area contributed by atoms with E-state index in [4.69, 9.17) is 5.41 Å². The molecule has 1 aromatic rings. The van der Waals surface area contributed by atoms with Crippen LogP contribution in [0.5, 0.6) is 0 Å². The molecule has 1 aliphatic rings. The van der Waals surface area contributed by atoms with Crippen molar-refractivity contribution in [3.8, 4) is 0 Å². The molecule has 1 fully saturated rings. The van der Waals surface area contributed by atoms with E-state index < -0.39 is 0 Å². The second-order valence-electron chi connectivity index (χ2n) is 4.56. The summed E-state index contributed by atoms with van der Waals surface area (Å²) in [6, 6.07) is 0. The topological polar surface area (TPSA) is 40.0 Å². The van der Waals surface area contributed by atoms with Gasteiger partial charge < -0.3 is 4.90 Å². The van der Waals surface area contributed by atoms with Crippen LogP contribution in [-0.2, 0) is 6.54 Å². The summed E-state index contributed by atoms with van der Waals surface area (Å²) in [6.45, 7) is 0.777. The molecule has 1 saturated carbocycles. The lowest BCUT2D eigenvalue weighted by atomic mass is 9.88. The van der Waals surface area contributed by atoms with Crippen molar-refractivity contribution >= 4 is 17.2 Å². The van der Waals surface area contributed by atoms with Gasteiger partial charge in [0.15, 0.2) is 0 Å². The van der Waals surface area contributed by atoms with Crippen molar-refractivity contribution in [2.45, 2.75) is 38.6 Å². The fraction of sp³-hybridized carbons (Fsp3) is 0.667. The monoisotopic (exact) mass is 237 g/mol. The molecule has 1 aromatic heterocycles.